The standard InChI is InChI=1S/C18H18F3N3O2S/c1-3-14-10(2)22-17-24(16(14)26)13(9-27-17)8-15(25)23-12-6-4-11(5-7-12)18(19,20)21/h4-7,13H,3,8-9H2,1-2H3,(H,23,25). The fourth-order valence-electron chi connectivity index (χ4n) is 3.05. The van der Waals surface area contributed by atoms with Gasteiger partial charge in [-0.1, -0.05) is 18.7 Å². The molecule has 0 bridgehead atoms. The van der Waals surface area contributed by atoms with Crippen LogP contribution in [-0.2, 0) is 17.4 Å². The Morgan fingerprint density at radius 2 is 2.00 bits per heavy atom. The Morgan fingerprint density at radius 3 is 2.59 bits per heavy atom. The Hall–Kier alpha value is -2.29. The van der Waals surface area contributed by atoms with Gasteiger partial charge in [-0.05, 0) is 37.6 Å². The van der Waals surface area contributed by atoms with Gasteiger partial charge in [0, 0.05) is 29.1 Å². The van der Waals surface area contributed by atoms with Crippen LogP contribution in [0.5, 0.6) is 0 Å². The van der Waals surface area contributed by atoms with Crippen molar-refractivity contribution in [2.24, 2.45) is 0 Å². The summed E-state index contributed by atoms with van der Waals surface area (Å²) in [6.45, 7) is 3.68. The first-order valence-electron chi connectivity index (χ1n) is 8.42. The maximum atomic E-state index is 12.7. The molecule has 2 aromatic rings. The predicted octanol–water partition coefficient (Wildman–Crippen LogP) is 3.81. The van der Waals surface area contributed by atoms with Crippen molar-refractivity contribution in [2.45, 2.75) is 44.1 Å². The molecular formula is C18H18F3N3O2S. The maximum Gasteiger partial charge on any atom is 0.416 e. The van der Waals surface area contributed by atoms with Gasteiger partial charge in [-0.25, -0.2) is 4.98 Å². The average Bonchev–Trinajstić information content (AvgIpc) is 2.97. The zero-order valence-electron chi connectivity index (χ0n) is 14.8. The number of benzene rings is 1. The number of hydrogen-bond acceptors (Lipinski definition) is 4. The van der Waals surface area contributed by atoms with E-state index in [1.54, 1.807) is 11.5 Å². The summed E-state index contributed by atoms with van der Waals surface area (Å²) in [5, 5.41) is 3.19. The summed E-state index contributed by atoms with van der Waals surface area (Å²) in [5.41, 5.74) is 0.715. The van der Waals surface area contributed by atoms with E-state index in [4.69, 9.17) is 0 Å². The third-order valence-corrected chi connectivity index (χ3v) is 5.52. The van der Waals surface area contributed by atoms with Gasteiger partial charge in [0.1, 0.15) is 0 Å². The van der Waals surface area contributed by atoms with Crippen molar-refractivity contribution in [3.63, 3.8) is 0 Å². The fourth-order valence-corrected chi connectivity index (χ4v) is 4.23. The van der Waals surface area contributed by atoms with E-state index in [-0.39, 0.29) is 29.6 Å². The highest BCUT2D eigenvalue weighted by Gasteiger charge is 2.31. The number of rotatable bonds is 4. The van der Waals surface area contributed by atoms with Crippen LogP contribution in [0.1, 0.15) is 36.2 Å². The van der Waals surface area contributed by atoms with Crippen LogP contribution in [-0.4, -0.2) is 21.2 Å². The smallest absolute Gasteiger partial charge is 0.326 e. The Labute approximate surface area is 158 Å². The first-order chi connectivity index (χ1) is 12.7. The second-order valence-electron chi connectivity index (χ2n) is 6.28. The maximum absolute atomic E-state index is 12.7. The van der Waals surface area contributed by atoms with Crippen LogP contribution in [0.15, 0.2) is 34.2 Å². The van der Waals surface area contributed by atoms with Gasteiger partial charge in [-0.15, -0.1) is 0 Å². The van der Waals surface area contributed by atoms with Crippen LogP contribution in [0.2, 0.25) is 0 Å². The molecule has 1 aliphatic heterocycles. The Morgan fingerprint density at radius 1 is 1.33 bits per heavy atom. The van der Waals surface area contributed by atoms with Crippen molar-refractivity contribution >= 4 is 23.4 Å². The van der Waals surface area contributed by atoms with E-state index in [0.29, 0.717) is 28.6 Å². The minimum Gasteiger partial charge on any atom is -0.326 e. The zero-order chi connectivity index (χ0) is 19.8. The summed E-state index contributed by atoms with van der Waals surface area (Å²) in [5.74, 6) is 0.189. The SMILES string of the molecule is CCc1c(C)nc2n(c1=O)C(CC(=O)Nc1ccc(C(F)(F)F)cc1)CS2. The van der Waals surface area contributed by atoms with Gasteiger partial charge >= 0.3 is 6.18 Å². The summed E-state index contributed by atoms with van der Waals surface area (Å²) >= 11 is 1.42. The number of aromatic nitrogens is 2. The minimum absolute atomic E-state index is 0.0504. The third kappa shape index (κ3) is 4.02. The van der Waals surface area contributed by atoms with Crippen molar-refractivity contribution in [3.05, 3.63) is 51.4 Å². The quantitative estimate of drug-likeness (QED) is 0.797. The summed E-state index contributed by atoms with van der Waals surface area (Å²) in [6.07, 6.45) is -3.81. The Bertz CT molecular complexity index is 923. The number of nitrogens with zero attached hydrogens (tertiary/aromatic N) is 2. The Balaban J connectivity index is 1.73. The molecule has 3 rings (SSSR count). The highest BCUT2D eigenvalue weighted by molar-refractivity contribution is 7.99. The van der Waals surface area contributed by atoms with Crippen molar-refractivity contribution in [1.82, 2.24) is 9.55 Å². The lowest BCUT2D eigenvalue weighted by Gasteiger charge is -2.15. The summed E-state index contributed by atoms with van der Waals surface area (Å²) in [6, 6.07) is 3.93. The van der Waals surface area contributed by atoms with Crippen LogP contribution >= 0.6 is 11.8 Å². The highest BCUT2D eigenvalue weighted by atomic mass is 32.2. The second-order valence-corrected chi connectivity index (χ2v) is 7.27. The molecule has 0 saturated heterocycles. The molecule has 27 heavy (non-hydrogen) atoms. The van der Waals surface area contributed by atoms with Crippen LogP contribution in [0.25, 0.3) is 0 Å². The molecule has 1 unspecified atom stereocenters. The van der Waals surface area contributed by atoms with Crippen molar-refractivity contribution in [2.75, 3.05) is 11.1 Å². The molecule has 9 heteroatoms. The third-order valence-electron chi connectivity index (χ3n) is 4.42. The van der Waals surface area contributed by atoms with E-state index in [1.807, 2.05) is 6.92 Å². The second kappa shape index (κ2) is 7.38. The van der Waals surface area contributed by atoms with Gasteiger partial charge in [-0.2, -0.15) is 13.2 Å². The first-order valence-corrected chi connectivity index (χ1v) is 9.41. The van der Waals surface area contributed by atoms with Gasteiger partial charge < -0.3 is 5.32 Å². The number of nitrogens with one attached hydrogen (secondary N) is 1. The molecule has 0 aliphatic carbocycles. The van der Waals surface area contributed by atoms with Gasteiger partial charge in [-0.3, -0.25) is 14.2 Å². The topological polar surface area (TPSA) is 64.0 Å². The van der Waals surface area contributed by atoms with Crippen molar-refractivity contribution in [3.8, 4) is 0 Å². The van der Waals surface area contributed by atoms with E-state index in [9.17, 15) is 22.8 Å². The number of carbonyl (C=O) groups excluding carboxylic acids is 1. The minimum atomic E-state index is -4.42. The van der Waals surface area contributed by atoms with Crippen LogP contribution in [0, 0.1) is 6.92 Å². The van der Waals surface area contributed by atoms with E-state index < -0.39 is 11.7 Å². The van der Waals surface area contributed by atoms with E-state index in [1.165, 1.54) is 23.9 Å². The van der Waals surface area contributed by atoms with Gasteiger partial charge in [0.2, 0.25) is 5.91 Å². The van der Waals surface area contributed by atoms with E-state index >= 15 is 0 Å². The lowest BCUT2D eigenvalue weighted by Crippen LogP contribution is -2.30. The number of thioether (sulfide) groups is 1. The van der Waals surface area contributed by atoms with Gasteiger partial charge in [0.25, 0.3) is 5.56 Å². The molecule has 2 heterocycles. The Kier molecular flexibility index (Phi) is 5.32. The highest BCUT2D eigenvalue weighted by Crippen LogP contribution is 2.33. The molecule has 1 N–H and O–H groups in total. The number of anilines is 1. The average molecular weight is 397 g/mol. The molecule has 1 aromatic heterocycles. The van der Waals surface area contributed by atoms with E-state index in [2.05, 4.69) is 10.3 Å². The molecule has 1 aliphatic rings. The van der Waals surface area contributed by atoms with Gasteiger partial charge in [0.15, 0.2) is 5.16 Å². The molecule has 1 aromatic carbocycles. The molecule has 1 amide bonds. The molecule has 0 radical (unpaired) electrons. The molecule has 0 spiro atoms. The van der Waals surface area contributed by atoms with Crippen molar-refractivity contribution < 1.29 is 18.0 Å². The van der Waals surface area contributed by atoms with Crippen LogP contribution in [0.4, 0.5) is 18.9 Å². The fraction of sp³-hybridized carbons (Fsp3) is 0.389. The predicted molar refractivity (Wildman–Crippen MR) is 97.1 cm³/mol. The molecule has 1 atom stereocenters. The van der Waals surface area contributed by atoms with Crippen LogP contribution < -0.4 is 10.9 Å². The largest absolute Gasteiger partial charge is 0.416 e. The zero-order valence-corrected chi connectivity index (χ0v) is 15.6. The first kappa shape index (κ1) is 19.5. The number of fused-ring (bicyclic) bond motifs is 1. The van der Waals surface area contributed by atoms with E-state index in [0.717, 1.165) is 12.1 Å². The molecular weight excluding hydrogens is 379 g/mol. The molecule has 0 fully saturated rings. The number of amides is 1. The van der Waals surface area contributed by atoms with Crippen LogP contribution in [0.3, 0.4) is 0 Å². The number of hydrogen-bond donors (Lipinski definition) is 1. The molecule has 144 valence electrons. The van der Waals surface area contributed by atoms with Crippen molar-refractivity contribution in [1.29, 1.82) is 0 Å². The summed E-state index contributed by atoms with van der Waals surface area (Å²) in [7, 11) is 0. The number of aryl methyl sites for hydroxylation is 1. The monoisotopic (exact) mass is 397 g/mol. The molecule has 0 saturated carbocycles. The number of halogens is 3. The number of carbonyl (C=O) groups is 1. The lowest BCUT2D eigenvalue weighted by molar-refractivity contribution is -0.137. The summed E-state index contributed by atoms with van der Waals surface area (Å²) in [4.78, 5) is 29.4. The summed E-state index contributed by atoms with van der Waals surface area (Å²) < 4.78 is 39.3. The molecule has 5 nitrogen and oxygen atoms in total. The lowest BCUT2D eigenvalue weighted by atomic mass is 10.1. The van der Waals surface area contributed by atoms with Gasteiger partial charge in [0.05, 0.1) is 11.6 Å². The number of alkyl halides is 3. The normalized spacial score (nSPS) is 16.3.